The number of rotatable bonds is 6. The van der Waals surface area contributed by atoms with Crippen LogP contribution in [0.5, 0.6) is 5.75 Å². The fourth-order valence-electron chi connectivity index (χ4n) is 4.68. The van der Waals surface area contributed by atoms with Crippen molar-refractivity contribution in [2.45, 2.75) is 33.2 Å². The van der Waals surface area contributed by atoms with Crippen molar-refractivity contribution < 1.29 is 9.53 Å². The summed E-state index contributed by atoms with van der Waals surface area (Å²) in [5, 5.41) is 17.9. The van der Waals surface area contributed by atoms with Crippen molar-refractivity contribution in [3.8, 4) is 11.4 Å². The Morgan fingerprint density at radius 2 is 1.86 bits per heavy atom. The summed E-state index contributed by atoms with van der Waals surface area (Å²) in [6.07, 6.45) is 3.24. The highest BCUT2D eigenvalue weighted by Crippen LogP contribution is 2.31. The molecule has 4 aromatic rings. The Morgan fingerprint density at radius 3 is 2.54 bits per heavy atom. The standard InChI is InChI=1S/C26H29N7O2/c1-17-23-18(2)33(21-7-9-22(35-3)10-8-21)31-24(23)25(30-29-17)32-14-11-19(12-15-32)26(34)28-16-20-6-4-5-13-27-20/h4-10,13,19H,11-12,14-16H2,1-3H3,(H,28,34). The number of fused-ring (bicyclic) bond motifs is 1. The van der Waals surface area contributed by atoms with Gasteiger partial charge in [0.1, 0.15) is 11.3 Å². The predicted octanol–water partition coefficient (Wildman–Crippen LogP) is 3.37. The van der Waals surface area contributed by atoms with Crippen molar-refractivity contribution in [3.63, 3.8) is 0 Å². The Balaban J connectivity index is 1.33. The summed E-state index contributed by atoms with van der Waals surface area (Å²) in [6, 6.07) is 13.5. The third kappa shape index (κ3) is 4.53. The minimum atomic E-state index is -0.0255. The van der Waals surface area contributed by atoms with Gasteiger partial charge in [-0.15, -0.1) is 5.10 Å². The number of aryl methyl sites for hydroxylation is 2. The van der Waals surface area contributed by atoms with Gasteiger partial charge in [-0.3, -0.25) is 9.78 Å². The number of ether oxygens (including phenoxy) is 1. The van der Waals surface area contributed by atoms with Gasteiger partial charge in [0.05, 0.1) is 41.8 Å². The second-order valence-corrected chi connectivity index (χ2v) is 8.83. The van der Waals surface area contributed by atoms with Gasteiger partial charge < -0.3 is 15.0 Å². The van der Waals surface area contributed by atoms with E-state index in [1.807, 2.05) is 54.1 Å². The Hall–Kier alpha value is -4.01. The Bertz CT molecular complexity index is 1330. The summed E-state index contributed by atoms with van der Waals surface area (Å²) in [7, 11) is 1.66. The first-order valence-electron chi connectivity index (χ1n) is 11.8. The first-order valence-corrected chi connectivity index (χ1v) is 11.8. The van der Waals surface area contributed by atoms with Crippen LogP contribution in [0.3, 0.4) is 0 Å². The van der Waals surface area contributed by atoms with Crippen LogP contribution in [0, 0.1) is 19.8 Å². The van der Waals surface area contributed by atoms with Crippen LogP contribution in [0.15, 0.2) is 48.7 Å². The number of amides is 1. The molecule has 35 heavy (non-hydrogen) atoms. The molecule has 9 nitrogen and oxygen atoms in total. The number of pyridine rings is 1. The van der Waals surface area contributed by atoms with Crippen LogP contribution >= 0.6 is 0 Å². The van der Waals surface area contributed by atoms with E-state index < -0.39 is 0 Å². The molecular formula is C26H29N7O2. The van der Waals surface area contributed by atoms with E-state index in [-0.39, 0.29) is 11.8 Å². The average molecular weight is 472 g/mol. The summed E-state index contributed by atoms with van der Waals surface area (Å²) >= 11 is 0. The van der Waals surface area contributed by atoms with Crippen molar-refractivity contribution in [2.24, 2.45) is 5.92 Å². The Morgan fingerprint density at radius 1 is 1.09 bits per heavy atom. The quantitative estimate of drug-likeness (QED) is 0.460. The van der Waals surface area contributed by atoms with Gasteiger partial charge in [-0.2, -0.15) is 10.2 Å². The van der Waals surface area contributed by atoms with Gasteiger partial charge in [0.15, 0.2) is 5.82 Å². The van der Waals surface area contributed by atoms with Gasteiger partial charge in [0.2, 0.25) is 5.91 Å². The van der Waals surface area contributed by atoms with Crippen LogP contribution < -0.4 is 15.0 Å². The van der Waals surface area contributed by atoms with Crippen molar-refractivity contribution in [2.75, 3.05) is 25.1 Å². The first kappa shape index (κ1) is 22.8. The molecule has 0 bridgehead atoms. The SMILES string of the molecule is COc1ccc(-n2nc3c(N4CCC(C(=O)NCc5ccccn5)CC4)nnc(C)c3c2C)cc1. The van der Waals surface area contributed by atoms with E-state index in [1.165, 1.54) is 0 Å². The summed E-state index contributed by atoms with van der Waals surface area (Å²) in [6.45, 7) is 5.92. The minimum Gasteiger partial charge on any atom is -0.497 e. The molecular weight excluding hydrogens is 442 g/mol. The second kappa shape index (κ2) is 9.69. The lowest BCUT2D eigenvalue weighted by molar-refractivity contribution is -0.125. The molecule has 0 atom stereocenters. The smallest absolute Gasteiger partial charge is 0.223 e. The molecule has 0 spiro atoms. The number of nitrogens with zero attached hydrogens (tertiary/aromatic N) is 6. The Labute approximate surface area is 204 Å². The lowest BCUT2D eigenvalue weighted by Crippen LogP contribution is -2.41. The molecule has 0 radical (unpaired) electrons. The normalized spacial score (nSPS) is 14.3. The third-order valence-electron chi connectivity index (χ3n) is 6.64. The lowest BCUT2D eigenvalue weighted by atomic mass is 9.95. The maximum atomic E-state index is 12.7. The molecule has 5 rings (SSSR count). The molecule has 3 aromatic heterocycles. The van der Waals surface area contributed by atoms with Crippen molar-refractivity contribution in [1.29, 1.82) is 0 Å². The maximum absolute atomic E-state index is 12.7. The number of methoxy groups -OCH3 is 1. The number of aromatic nitrogens is 5. The number of carbonyl (C=O) groups excluding carboxylic acids is 1. The van der Waals surface area contributed by atoms with Crippen LogP contribution in [0.2, 0.25) is 0 Å². The third-order valence-corrected chi connectivity index (χ3v) is 6.64. The van der Waals surface area contributed by atoms with Gasteiger partial charge in [-0.05, 0) is 63.1 Å². The van der Waals surface area contributed by atoms with E-state index in [9.17, 15) is 4.79 Å². The summed E-state index contributed by atoms with van der Waals surface area (Å²) in [4.78, 5) is 19.2. The molecule has 4 heterocycles. The highest BCUT2D eigenvalue weighted by atomic mass is 16.5. The van der Waals surface area contributed by atoms with E-state index >= 15 is 0 Å². The highest BCUT2D eigenvalue weighted by Gasteiger charge is 2.28. The molecule has 1 fully saturated rings. The van der Waals surface area contributed by atoms with E-state index in [4.69, 9.17) is 9.84 Å². The van der Waals surface area contributed by atoms with Gasteiger partial charge in [0, 0.05) is 25.2 Å². The van der Waals surface area contributed by atoms with Gasteiger partial charge in [-0.25, -0.2) is 4.68 Å². The fraction of sp³-hybridized carbons (Fsp3) is 0.346. The number of piperidine rings is 1. The molecule has 0 unspecified atom stereocenters. The predicted molar refractivity (Wildman–Crippen MR) is 134 cm³/mol. The number of benzene rings is 1. The molecule has 1 N–H and O–H groups in total. The maximum Gasteiger partial charge on any atom is 0.223 e. The van der Waals surface area contributed by atoms with Crippen LogP contribution in [-0.2, 0) is 11.3 Å². The van der Waals surface area contributed by atoms with Crippen molar-refractivity contribution in [1.82, 2.24) is 30.3 Å². The summed E-state index contributed by atoms with van der Waals surface area (Å²) in [5.74, 6) is 1.63. The monoisotopic (exact) mass is 471 g/mol. The zero-order valence-corrected chi connectivity index (χ0v) is 20.2. The molecule has 9 heteroatoms. The number of hydrogen-bond donors (Lipinski definition) is 1. The first-order chi connectivity index (χ1) is 17.0. The Kier molecular flexibility index (Phi) is 6.31. The molecule has 1 aromatic carbocycles. The zero-order valence-electron chi connectivity index (χ0n) is 20.2. The van der Waals surface area contributed by atoms with Crippen LogP contribution in [-0.4, -0.2) is 51.1 Å². The van der Waals surface area contributed by atoms with Crippen molar-refractivity contribution in [3.05, 3.63) is 65.7 Å². The average Bonchev–Trinajstić information content (AvgIpc) is 3.26. The topological polar surface area (TPSA) is 98.1 Å². The van der Waals surface area contributed by atoms with E-state index in [0.29, 0.717) is 6.54 Å². The number of hydrogen-bond acceptors (Lipinski definition) is 7. The van der Waals surface area contributed by atoms with Gasteiger partial charge in [0.25, 0.3) is 0 Å². The molecule has 0 aliphatic carbocycles. The second-order valence-electron chi connectivity index (χ2n) is 8.83. The summed E-state index contributed by atoms with van der Waals surface area (Å²) in [5.41, 5.74) is 4.52. The van der Waals surface area contributed by atoms with E-state index in [2.05, 4.69) is 32.3 Å². The van der Waals surface area contributed by atoms with E-state index in [0.717, 1.165) is 71.2 Å². The highest BCUT2D eigenvalue weighted by molar-refractivity contribution is 5.92. The lowest BCUT2D eigenvalue weighted by Gasteiger charge is -2.31. The molecule has 0 saturated carbocycles. The number of carbonyl (C=O) groups is 1. The van der Waals surface area contributed by atoms with Crippen LogP contribution in [0.25, 0.3) is 16.6 Å². The molecule has 1 amide bonds. The summed E-state index contributed by atoms with van der Waals surface area (Å²) < 4.78 is 7.22. The zero-order chi connectivity index (χ0) is 24.4. The molecule has 1 saturated heterocycles. The minimum absolute atomic E-state index is 0.0255. The molecule has 1 aliphatic rings. The molecule has 1 aliphatic heterocycles. The van der Waals surface area contributed by atoms with Crippen LogP contribution in [0.1, 0.15) is 29.9 Å². The number of nitrogens with one attached hydrogen (secondary N) is 1. The van der Waals surface area contributed by atoms with E-state index in [1.54, 1.807) is 13.3 Å². The largest absolute Gasteiger partial charge is 0.497 e. The molecule has 180 valence electrons. The van der Waals surface area contributed by atoms with Crippen molar-refractivity contribution >= 4 is 22.6 Å². The fourth-order valence-corrected chi connectivity index (χ4v) is 4.68. The van der Waals surface area contributed by atoms with Gasteiger partial charge in [-0.1, -0.05) is 6.07 Å². The number of anilines is 1. The van der Waals surface area contributed by atoms with Gasteiger partial charge >= 0.3 is 0 Å². The van der Waals surface area contributed by atoms with Crippen LogP contribution in [0.4, 0.5) is 5.82 Å².